The molecule has 0 spiro atoms. The highest BCUT2D eigenvalue weighted by Crippen LogP contribution is 2.24. The van der Waals surface area contributed by atoms with Crippen LogP contribution in [0, 0.1) is 25.2 Å². The predicted octanol–water partition coefficient (Wildman–Crippen LogP) is 4.63. The van der Waals surface area contributed by atoms with Crippen LogP contribution in [0.15, 0.2) is 42.5 Å². The Hall–Kier alpha value is -1.98. The fourth-order valence-corrected chi connectivity index (χ4v) is 2.19. The molecule has 0 saturated heterocycles. The van der Waals surface area contributed by atoms with Gasteiger partial charge in [-0.2, -0.15) is 5.26 Å². The smallest absolute Gasteiger partial charge is 0.140 e. The van der Waals surface area contributed by atoms with Crippen molar-refractivity contribution < 1.29 is 0 Å². The summed E-state index contributed by atoms with van der Waals surface area (Å²) in [6, 6.07) is 15.4. The number of benzene rings is 2. The molecule has 0 bridgehead atoms. The number of hydrogen-bond donors (Lipinski definition) is 1. The Balaban J connectivity index is 2.31. The molecular weight excluding hydrogens is 256 g/mol. The van der Waals surface area contributed by atoms with E-state index in [1.54, 1.807) is 0 Å². The van der Waals surface area contributed by atoms with Crippen molar-refractivity contribution in [3.8, 4) is 6.07 Å². The van der Waals surface area contributed by atoms with Crippen LogP contribution in [-0.4, -0.2) is 0 Å². The maximum absolute atomic E-state index is 9.38. The maximum Gasteiger partial charge on any atom is 0.140 e. The van der Waals surface area contributed by atoms with Gasteiger partial charge in [0.05, 0.1) is 6.07 Å². The van der Waals surface area contributed by atoms with Crippen molar-refractivity contribution in [3.63, 3.8) is 0 Å². The fraction of sp³-hybridized carbons (Fsp3) is 0.188. The zero-order chi connectivity index (χ0) is 13.8. The lowest BCUT2D eigenvalue weighted by molar-refractivity contribution is 0.978. The van der Waals surface area contributed by atoms with Gasteiger partial charge in [-0.1, -0.05) is 41.4 Å². The minimum absolute atomic E-state index is 0.377. The standard InChI is InChI=1S/C16H15ClN2/c1-11-6-7-12(2)15(8-11)16(10-18)19-14-5-3-4-13(17)9-14/h3-9,16,19H,1-2H3. The lowest BCUT2D eigenvalue weighted by atomic mass is 9.99. The summed E-state index contributed by atoms with van der Waals surface area (Å²) in [5.74, 6) is 0. The van der Waals surface area contributed by atoms with E-state index in [-0.39, 0.29) is 6.04 Å². The number of hydrogen-bond acceptors (Lipinski definition) is 2. The van der Waals surface area contributed by atoms with E-state index in [0.717, 1.165) is 22.4 Å². The van der Waals surface area contributed by atoms with Crippen LogP contribution in [0.2, 0.25) is 5.02 Å². The number of anilines is 1. The molecule has 0 aliphatic rings. The van der Waals surface area contributed by atoms with Crippen LogP contribution in [0.5, 0.6) is 0 Å². The number of nitrogens with zero attached hydrogens (tertiary/aromatic N) is 1. The second-order valence-corrected chi connectivity index (χ2v) is 5.01. The second kappa shape index (κ2) is 5.77. The van der Waals surface area contributed by atoms with Gasteiger partial charge in [0.25, 0.3) is 0 Å². The maximum atomic E-state index is 9.38. The Morgan fingerprint density at radius 1 is 1.16 bits per heavy atom. The molecule has 3 heteroatoms. The van der Waals surface area contributed by atoms with E-state index in [9.17, 15) is 5.26 Å². The van der Waals surface area contributed by atoms with Crippen molar-refractivity contribution in [2.45, 2.75) is 19.9 Å². The molecule has 0 aliphatic heterocycles. The third-order valence-corrected chi connectivity index (χ3v) is 3.25. The average molecular weight is 271 g/mol. The Bertz CT molecular complexity index is 629. The third kappa shape index (κ3) is 3.27. The van der Waals surface area contributed by atoms with Gasteiger partial charge in [-0.05, 0) is 43.2 Å². The molecule has 2 nitrogen and oxygen atoms in total. The number of nitriles is 1. The molecular formula is C16H15ClN2. The van der Waals surface area contributed by atoms with Crippen molar-refractivity contribution in [1.29, 1.82) is 5.26 Å². The van der Waals surface area contributed by atoms with Gasteiger partial charge >= 0.3 is 0 Å². The molecule has 0 aromatic heterocycles. The monoisotopic (exact) mass is 270 g/mol. The highest BCUT2D eigenvalue weighted by atomic mass is 35.5. The molecule has 0 heterocycles. The molecule has 0 amide bonds. The summed E-state index contributed by atoms with van der Waals surface area (Å²) in [5.41, 5.74) is 4.10. The van der Waals surface area contributed by atoms with Crippen LogP contribution in [0.4, 0.5) is 5.69 Å². The van der Waals surface area contributed by atoms with Crippen molar-refractivity contribution in [2.75, 3.05) is 5.32 Å². The summed E-state index contributed by atoms with van der Waals surface area (Å²) < 4.78 is 0. The van der Waals surface area contributed by atoms with Gasteiger partial charge in [-0.25, -0.2) is 0 Å². The summed E-state index contributed by atoms with van der Waals surface area (Å²) in [7, 11) is 0. The van der Waals surface area contributed by atoms with E-state index in [1.165, 1.54) is 0 Å². The third-order valence-electron chi connectivity index (χ3n) is 3.01. The highest BCUT2D eigenvalue weighted by Gasteiger charge is 2.13. The zero-order valence-corrected chi connectivity index (χ0v) is 11.7. The Kier molecular flexibility index (Phi) is 4.09. The quantitative estimate of drug-likeness (QED) is 0.882. The summed E-state index contributed by atoms with van der Waals surface area (Å²) >= 11 is 5.95. The average Bonchev–Trinajstić information content (AvgIpc) is 2.39. The molecule has 1 unspecified atom stereocenters. The van der Waals surface area contributed by atoms with E-state index in [4.69, 9.17) is 11.6 Å². The van der Waals surface area contributed by atoms with Gasteiger partial charge in [0, 0.05) is 10.7 Å². The van der Waals surface area contributed by atoms with Gasteiger partial charge in [-0.15, -0.1) is 0 Å². The molecule has 0 saturated carbocycles. The fourth-order valence-electron chi connectivity index (χ4n) is 2.00. The van der Waals surface area contributed by atoms with Crippen LogP contribution in [0.1, 0.15) is 22.7 Å². The summed E-state index contributed by atoms with van der Waals surface area (Å²) in [4.78, 5) is 0. The minimum Gasteiger partial charge on any atom is -0.366 e. The minimum atomic E-state index is -0.377. The molecule has 2 rings (SSSR count). The number of aryl methyl sites for hydroxylation is 2. The predicted molar refractivity (Wildman–Crippen MR) is 79.3 cm³/mol. The van der Waals surface area contributed by atoms with Gasteiger partial charge in [0.2, 0.25) is 0 Å². The van der Waals surface area contributed by atoms with Crippen molar-refractivity contribution >= 4 is 17.3 Å². The van der Waals surface area contributed by atoms with E-state index in [1.807, 2.05) is 56.3 Å². The normalized spacial score (nSPS) is 11.7. The summed E-state index contributed by atoms with van der Waals surface area (Å²) in [6.07, 6.45) is 0. The van der Waals surface area contributed by atoms with Crippen LogP contribution >= 0.6 is 11.6 Å². The van der Waals surface area contributed by atoms with E-state index < -0.39 is 0 Å². The summed E-state index contributed by atoms with van der Waals surface area (Å²) in [6.45, 7) is 4.04. The lowest BCUT2D eigenvalue weighted by Gasteiger charge is -2.16. The molecule has 0 aliphatic carbocycles. The van der Waals surface area contributed by atoms with Crippen molar-refractivity contribution in [1.82, 2.24) is 0 Å². The molecule has 2 aromatic rings. The van der Waals surface area contributed by atoms with Crippen LogP contribution in [-0.2, 0) is 0 Å². The first-order valence-electron chi connectivity index (χ1n) is 6.09. The van der Waals surface area contributed by atoms with E-state index in [2.05, 4.69) is 11.4 Å². The van der Waals surface area contributed by atoms with E-state index >= 15 is 0 Å². The van der Waals surface area contributed by atoms with Crippen molar-refractivity contribution in [2.24, 2.45) is 0 Å². The van der Waals surface area contributed by atoms with Crippen LogP contribution in [0.3, 0.4) is 0 Å². The first-order chi connectivity index (χ1) is 9.10. The molecule has 0 fully saturated rings. The lowest BCUT2D eigenvalue weighted by Crippen LogP contribution is -2.10. The highest BCUT2D eigenvalue weighted by molar-refractivity contribution is 6.30. The van der Waals surface area contributed by atoms with Crippen molar-refractivity contribution in [3.05, 3.63) is 64.2 Å². The largest absolute Gasteiger partial charge is 0.366 e. The Labute approximate surface area is 118 Å². The first-order valence-corrected chi connectivity index (χ1v) is 6.47. The molecule has 1 N–H and O–H groups in total. The van der Waals surface area contributed by atoms with Gasteiger partial charge < -0.3 is 5.32 Å². The molecule has 0 radical (unpaired) electrons. The number of rotatable bonds is 3. The molecule has 96 valence electrons. The SMILES string of the molecule is Cc1ccc(C)c(C(C#N)Nc2cccc(Cl)c2)c1. The molecule has 1 atom stereocenters. The molecule has 19 heavy (non-hydrogen) atoms. The van der Waals surface area contributed by atoms with Crippen LogP contribution in [0.25, 0.3) is 0 Å². The Morgan fingerprint density at radius 2 is 1.95 bits per heavy atom. The second-order valence-electron chi connectivity index (χ2n) is 4.58. The topological polar surface area (TPSA) is 35.8 Å². The van der Waals surface area contributed by atoms with Gasteiger partial charge in [-0.3, -0.25) is 0 Å². The van der Waals surface area contributed by atoms with E-state index in [0.29, 0.717) is 5.02 Å². The first kappa shape index (κ1) is 13.5. The van der Waals surface area contributed by atoms with Gasteiger partial charge in [0.15, 0.2) is 0 Å². The zero-order valence-electron chi connectivity index (χ0n) is 10.9. The Morgan fingerprint density at radius 3 is 2.63 bits per heavy atom. The van der Waals surface area contributed by atoms with Gasteiger partial charge in [0.1, 0.15) is 6.04 Å². The van der Waals surface area contributed by atoms with Crippen LogP contribution < -0.4 is 5.32 Å². The summed E-state index contributed by atoms with van der Waals surface area (Å²) in [5, 5.41) is 13.2. The molecule has 2 aromatic carbocycles. The number of nitrogens with one attached hydrogen (secondary N) is 1. The number of halogens is 1.